The molecule has 0 saturated heterocycles. The Bertz CT molecular complexity index is 417. The fraction of sp³-hybridized carbons (Fsp3) is 0.462. The molecule has 3 atom stereocenters. The topological polar surface area (TPSA) is 35.5 Å². The molecule has 1 fully saturated rings. The van der Waals surface area contributed by atoms with Crippen molar-refractivity contribution in [3.8, 4) is 0 Å². The van der Waals surface area contributed by atoms with Gasteiger partial charge in [0.1, 0.15) is 6.10 Å². The first kappa shape index (κ1) is 9.85. The Kier molecular flexibility index (Phi) is 2.21. The molecule has 16 heavy (non-hydrogen) atoms. The molecule has 2 aliphatic carbocycles. The first-order valence-corrected chi connectivity index (χ1v) is 5.71. The van der Waals surface area contributed by atoms with Crippen LogP contribution < -0.4 is 0 Å². The van der Waals surface area contributed by atoms with E-state index < -0.39 is 0 Å². The normalized spacial score (nSPS) is 34.4. The van der Waals surface area contributed by atoms with Crippen LogP contribution in [0.4, 0.5) is 0 Å². The first-order valence-electron chi connectivity index (χ1n) is 5.71. The molecule has 3 aliphatic rings. The van der Waals surface area contributed by atoms with Gasteiger partial charge < -0.3 is 9.47 Å². The second-order valence-corrected chi connectivity index (χ2v) is 4.26. The van der Waals surface area contributed by atoms with Crippen LogP contribution >= 0.6 is 0 Å². The predicted octanol–water partition coefficient (Wildman–Crippen LogP) is 1.76. The van der Waals surface area contributed by atoms with Gasteiger partial charge in [0.15, 0.2) is 6.10 Å². The molecule has 0 radical (unpaired) electrons. The summed E-state index contributed by atoms with van der Waals surface area (Å²) in [6.45, 7) is 2.23. The molecule has 0 aromatic heterocycles. The molecule has 1 saturated carbocycles. The summed E-state index contributed by atoms with van der Waals surface area (Å²) in [6, 6.07) is 0. The molecule has 1 aliphatic heterocycles. The van der Waals surface area contributed by atoms with Gasteiger partial charge in [-0.15, -0.1) is 0 Å². The van der Waals surface area contributed by atoms with Gasteiger partial charge in [0.25, 0.3) is 0 Å². The summed E-state index contributed by atoms with van der Waals surface area (Å²) >= 11 is 0. The van der Waals surface area contributed by atoms with Gasteiger partial charge in [0.05, 0.1) is 6.61 Å². The Morgan fingerprint density at radius 3 is 3.25 bits per heavy atom. The van der Waals surface area contributed by atoms with Gasteiger partial charge in [-0.25, -0.2) is 4.79 Å². The van der Waals surface area contributed by atoms with Crippen molar-refractivity contribution in [1.82, 2.24) is 0 Å². The van der Waals surface area contributed by atoms with Crippen LogP contribution in [0.1, 0.15) is 13.3 Å². The first-order chi connectivity index (χ1) is 7.81. The maximum absolute atomic E-state index is 11.7. The van der Waals surface area contributed by atoms with Crippen molar-refractivity contribution in [2.24, 2.45) is 5.92 Å². The predicted molar refractivity (Wildman–Crippen MR) is 58.7 cm³/mol. The zero-order valence-corrected chi connectivity index (χ0v) is 9.18. The van der Waals surface area contributed by atoms with E-state index in [0.717, 1.165) is 6.42 Å². The van der Waals surface area contributed by atoms with Crippen molar-refractivity contribution < 1.29 is 14.3 Å². The van der Waals surface area contributed by atoms with Crippen LogP contribution in [-0.2, 0) is 14.3 Å². The molecule has 0 N–H and O–H groups in total. The molecule has 3 rings (SSSR count). The minimum Gasteiger partial charge on any atom is -0.464 e. The lowest BCUT2D eigenvalue weighted by molar-refractivity contribution is -0.159. The number of rotatable bonds is 2. The van der Waals surface area contributed by atoms with Gasteiger partial charge in [0.2, 0.25) is 0 Å². The van der Waals surface area contributed by atoms with Crippen LogP contribution in [0.25, 0.3) is 0 Å². The quantitative estimate of drug-likeness (QED) is 0.662. The molecule has 1 heterocycles. The Labute approximate surface area is 94.4 Å². The lowest BCUT2D eigenvalue weighted by Gasteiger charge is -2.27. The van der Waals surface area contributed by atoms with Crippen LogP contribution in [0.15, 0.2) is 35.5 Å². The van der Waals surface area contributed by atoms with E-state index in [1.54, 1.807) is 0 Å². The number of carbonyl (C=O) groups is 1. The number of hydrogen-bond acceptors (Lipinski definition) is 3. The lowest BCUT2D eigenvalue weighted by Crippen LogP contribution is -2.35. The highest BCUT2D eigenvalue weighted by Gasteiger charge is 2.49. The van der Waals surface area contributed by atoms with E-state index in [9.17, 15) is 4.79 Å². The molecule has 0 aromatic rings. The number of hydrogen-bond donors (Lipinski definition) is 0. The SMILES string of the molecule is CCOC(=O)C1OC2C=CC=CC2=C2CC21. The highest BCUT2D eigenvalue weighted by atomic mass is 16.6. The molecule has 3 heteroatoms. The fourth-order valence-corrected chi connectivity index (χ4v) is 2.43. The number of allylic oxidation sites excluding steroid dienone is 2. The van der Waals surface area contributed by atoms with Crippen LogP contribution in [-0.4, -0.2) is 24.8 Å². The van der Waals surface area contributed by atoms with Gasteiger partial charge in [-0.05, 0) is 18.9 Å². The number of carbonyl (C=O) groups excluding carboxylic acids is 1. The Hall–Kier alpha value is -1.35. The van der Waals surface area contributed by atoms with Crippen LogP contribution in [0.2, 0.25) is 0 Å². The molecule has 84 valence electrons. The van der Waals surface area contributed by atoms with Crippen molar-refractivity contribution in [1.29, 1.82) is 0 Å². The molecular weight excluding hydrogens is 204 g/mol. The van der Waals surface area contributed by atoms with Gasteiger partial charge in [0, 0.05) is 5.92 Å². The van der Waals surface area contributed by atoms with Crippen LogP contribution in [0, 0.1) is 5.92 Å². The van der Waals surface area contributed by atoms with E-state index in [1.165, 1.54) is 11.1 Å². The second kappa shape index (κ2) is 3.59. The molecule has 0 aromatic carbocycles. The van der Waals surface area contributed by atoms with Crippen LogP contribution in [0.3, 0.4) is 0 Å². The van der Waals surface area contributed by atoms with Crippen molar-refractivity contribution in [2.45, 2.75) is 25.6 Å². The Balaban J connectivity index is 1.83. The van der Waals surface area contributed by atoms with E-state index in [0.29, 0.717) is 6.61 Å². The van der Waals surface area contributed by atoms with E-state index in [2.05, 4.69) is 6.08 Å². The van der Waals surface area contributed by atoms with Crippen molar-refractivity contribution in [3.05, 3.63) is 35.5 Å². The average Bonchev–Trinajstić information content (AvgIpc) is 3.08. The fourth-order valence-electron chi connectivity index (χ4n) is 2.43. The summed E-state index contributed by atoms with van der Waals surface area (Å²) < 4.78 is 10.8. The summed E-state index contributed by atoms with van der Waals surface area (Å²) in [5.74, 6) is 0.0472. The van der Waals surface area contributed by atoms with Gasteiger partial charge in [-0.3, -0.25) is 0 Å². The minimum atomic E-state index is -0.389. The molecule has 0 amide bonds. The summed E-state index contributed by atoms with van der Waals surface area (Å²) in [5, 5.41) is 0. The number of fused-ring (bicyclic) bond motifs is 2. The van der Waals surface area contributed by atoms with E-state index in [1.807, 2.05) is 25.2 Å². The second-order valence-electron chi connectivity index (χ2n) is 4.26. The maximum atomic E-state index is 11.7. The molecular formula is C13H14O3. The van der Waals surface area contributed by atoms with Gasteiger partial charge in [-0.1, -0.05) is 29.9 Å². The largest absolute Gasteiger partial charge is 0.464 e. The third-order valence-corrected chi connectivity index (χ3v) is 3.25. The highest BCUT2D eigenvalue weighted by molar-refractivity contribution is 5.78. The monoisotopic (exact) mass is 218 g/mol. The summed E-state index contributed by atoms with van der Waals surface area (Å²) in [4.78, 5) is 11.7. The zero-order chi connectivity index (χ0) is 11.1. The van der Waals surface area contributed by atoms with Crippen molar-refractivity contribution in [2.75, 3.05) is 6.61 Å². The highest BCUT2D eigenvalue weighted by Crippen LogP contribution is 2.50. The zero-order valence-electron chi connectivity index (χ0n) is 9.18. The summed E-state index contributed by atoms with van der Waals surface area (Å²) in [6.07, 6.45) is 8.59. The minimum absolute atomic E-state index is 0.0480. The smallest absolute Gasteiger partial charge is 0.335 e. The lowest BCUT2D eigenvalue weighted by atomic mass is 9.99. The van der Waals surface area contributed by atoms with E-state index in [-0.39, 0.29) is 24.1 Å². The Morgan fingerprint density at radius 2 is 2.44 bits per heavy atom. The molecule has 3 unspecified atom stereocenters. The van der Waals surface area contributed by atoms with Gasteiger partial charge in [-0.2, -0.15) is 0 Å². The van der Waals surface area contributed by atoms with Crippen molar-refractivity contribution in [3.63, 3.8) is 0 Å². The molecule has 0 spiro atoms. The molecule has 3 nitrogen and oxygen atoms in total. The standard InChI is InChI=1S/C13H14O3/c1-2-15-13(14)12-10-7-9(10)8-5-3-4-6-11(8)16-12/h3-6,10-12H,2,7H2,1H3. The van der Waals surface area contributed by atoms with E-state index >= 15 is 0 Å². The Morgan fingerprint density at radius 1 is 1.56 bits per heavy atom. The number of esters is 1. The summed E-state index contributed by atoms with van der Waals surface area (Å²) in [5.41, 5.74) is 2.61. The van der Waals surface area contributed by atoms with E-state index in [4.69, 9.17) is 9.47 Å². The third-order valence-electron chi connectivity index (χ3n) is 3.25. The van der Waals surface area contributed by atoms with Crippen LogP contribution in [0.5, 0.6) is 0 Å². The third kappa shape index (κ3) is 1.43. The maximum Gasteiger partial charge on any atom is 0.335 e. The van der Waals surface area contributed by atoms with Gasteiger partial charge >= 0.3 is 5.97 Å². The molecule has 0 bridgehead atoms. The number of ether oxygens (including phenoxy) is 2. The van der Waals surface area contributed by atoms with Crippen molar-refractivity contribution >= 4 is 5.97 Å². The summed E-state index contributed by atoms with van der Waals surface area (Å²) in [7, 11) is 0. The average molecular weight is 218 g/mol.